The number of hydrogen-bond donors (Lipinski definition) is 1. The van der Waals surface area contributed by atoms with E-state index >= 15 is 0 Å². The summed E-state index contributed by atoms with van der Waals surface area (Å²) in [5.41, 5.74) is 0. The third-order valence-corrected chi connectivity index (χ3v) is 2.93. The molecule has 0 saturated carbocycles. The van der Waals surface area contributed by atoms with Crippen molar-refractivity contribution < 1.29 is 9.90 Å². The summed E-state index contributed by atoms with van der Waals surface area (Å²) in [7, 11) is 0. The zero-order valence-corrected chi connectivity index (χ0v) is 9.85. The van der Waals surface area contributed by atoms with E-state index in [9.17, 15) is 4.79 Å². The Morgan fingerprint density at radius 3 is 2.31 bits per heavy atom. The van der Waals surface area contributed by atoms with E-state index in [0.717, 1.165) is 19.3 Å². The average molecular weight is 251 g/mol. The number of carboxylic acid groups (broad SMARTS) is 1. The van der Waals surface area contributed by atoms with Crippen LogP contribution in [-0.4, -0.2) is 15.9 Å². The molecule has 0 radical (unpaired) electrons. The molecule has 0 aromatic carbocycles. The Hall–Kier alpha value is -0.0500. The summed E-state index contributed by atoms with van der Waals surface area (Å²) in [6, 6.07) is 0. The van der Waals surface area contributed by atoms with Gasteiger partial charge in [0.05, 0.1) is 0 Å². The van der Waals surface area contributed by atoms with E-state index in [-0.39, 0.29) is 4.83 Å². The van der Waals surface area contributed by atoms with E-state index in [2.05, 4.69) is 22.9 Å². The minimum absolute atomic E-state index is 0.348. The number of carbonyl (C=O) groups is 1. The third-order valence-electron chi connectivity index (χ3n) is 2.08. The first-order chi connectivity index (χ1) is 6.18. The zero-order chi connectivity index (χ0) is 10.1. The topological polar surface area (TPSA) is 37.3 Å². The number of aliphatic carboxylic acids is 1. The summed E-state index contributed by atoms with van der Waals surface area (Å²) < 4.78 is 0. The van der Waals surface area contributed by atoms with Gasteiger partial charge in [0.2, 0.25) is 0 Å². The van der Waals surface area contributed by atoms with Crippen LogP contribution in [0.1, 0.15) is 51.9 Å². The monoisotopic (exact) mass is 250 g/mol. The molecule has 0 fully saturated rings. The van der Waals surface area contributed by atoms with Crippen molar-refractivity contribution in [1.29, 1.82) is 0 Å². The van der Waals surface area contributed by atoms with Crippen LogP contribution in [0.4, 0.5) is 0 Å². The molecule has 2 nitrogen and oxygen atoms in total. The average Bonchev–Trinajstić information content (AvgIpc) is 2.10. The number of halogens is 1. The molecule has 0 aliphatic rings. The molecule has 0 aromatic rings. The van der Waals surface area contributed by atoms with Gasteiger partial charge in [-0.15, -0.1) is 0 Å². The van der Waals surface area contributed by atoms with Crippen molar-refractivity contribution in [2.24, 2.45) is 0 Å². The standard InChI is InChI=1S/C10H19BrO2/c1-2-3-4-5-6-7-8-9(11)10(12)13/h9H,2-8H2,1H3,(H,12,13)/t9-/m1/s1. The fourth-order valence-electron chi connectivity index (χ4n) is 1.23. The Morgan fingerprint density at radius 2 is 1.77 bits per heavy atom. The van der Waals surface area contributed by atoms with Crippen LogP contribution >= 0.6 is 15.9 Å². The molecule has 0 aliphatic heterocycles. The highest BCUT2D eigenvalue weighted by Gasteiger charge is 2.11. The van der Waals surface area contributed by atoms with Crippen LogP contribution in [0.15, 0.2) is 0 Å². The molecule has 13 heavy (non-hydrogen) atoms. The minimum atomic E-state index is -0.742. The summed E-state index contributed by atoms with van der Waals surface area (Å²) in [6.45, 7) is 2.19. The van der Waals surface area contributed by atoms with Crippen molar-refractivity contribution in [3.05, 3.63) is 0 Å². The van der Waals surface area contributed by atoms with E-state index in [0.29, 0.717) is 0 Å². The summed E-state index contributed by atoms with van der Waals surface area (Å²) >= 11 is 3.13. The third kappa shape index (κ3) is 8.28. The summed E-state index contributed by atoms with van der Waals surface area (Å²) in [5, 5.41) is 8.58. The number of carboxylic acids is 1. The summed E-state index contributed by atoms with van der Waals surface area (Å²) in [5.74, 6) is -0.742. The first-order valence-corrected chi connectivity index (χ1v) is 5.97. The van der Waals surface area contributed by atoms with Crippen molar-refractivity contribution in [2.75, 3.05) is 0 Å². The van der Waals surface area contributed by atoms with Crippen LogP contribution in [0.3, 0.4) is 0 Å². The lowest BCUT2D eigenvalue weighted by molar-refractivity contribution is -0.136. The molecule has 1 N–H and O–H groups in total. The van der Waals surface area contributed by atoms with Gasteiger partial charge in [0, 0.05) is 0 Å². The molecule has 0 aliphatic carbocycles. The van der Waals surface area contributed by atoms with E-state index in [1.807, 2.05) is 0 Å². The van der Waals surface area contributed by atoms with Gasteiger partial charge in [-0.25, -0.2) is 0 Å². The van der Waals surface area contributed by atoms with Crippen LogP contribution < -0.4 is 0 Å². The van der Waals surface area contributed by atoms with Gasteiger partial charge in [-0.1, -0.05) is 61.4 Å². The molecular weight excluding hydrogens is 232 g/mol. The van der Waals surface area contributed by atoms with E-state index in [4.69, 9.17) is 5.11 Å². The van der Waals surface area contributed by atoms with Crippen molar-refractivity contribution in [3.8, 4) is 0 Å². The van der Waals surface area contributed by atoms with Crippen molar-refractivity contribution in [2.45, 2.75) is 56.7 Å². The molecular formula is C10H19BrO2. The maximum atomic E-state index is 10.4. The highest BCUT2D eigenvalue weighted by atomic mass is 79.9. The molecule has 0 saturated heterocycles. The number of hydrogen-bond acceptors (Lipinski definition) is 1. The van der Waals surface area contributed by atoms with Gasteiger partial charge < -0.3 is 5.11 Å². The lowest BCUT2D eigenvalue weighted by atomic mass is 10.1. The first-order valence-electron chi connectivity index (χ1n) is 5.05. The molecule has 1 atom stereocenters. The first kappa shape index (κ1) is 12.9. The van der Waals surface area contributed by atoms with Crippen LogP contribution in [0, 0.1) is 0 Å². The predicted octanol–water partition coefficient (Wildman–Crippen LogP) is 3.59. The quantitative estimate of drug-likeness (QED) is 0.528. The van der Waals surface area contributed by atoms with E-state index in [1.165, 1.54) is 25.7 Å². The van der Waals surface area contributed by atoms with Crippen molar-refractivity contribution >= 4 is 21.9 Å². The molecule has 3 heteroatoms. The van der Waals surface area contributed by atoms with Crippen molar-refractivity contribution in [1.82, 2.24) is 0 Å². The summed E-state index contributed by atoms with van der Waals surface area (Å²) in [6.07, 6.45) is 8.03. The summed E-state index contributed by atoms with van der Waals surface area (Å²) in [4.78, 5) is 10.1. The number of rotatable bonds is 8. The second-order valence-electron chi connectivity index (χ2n) is 3.36. The molecule has 0 rings (SSSR count). The van der Waals surface area contributed by atoms with Gasteiger partial charge in [-0.2, -0.15) is 0 Å². The molecule has 0 heterocycles. The van der Waals surface area contributed by atoms with Crippen molar-refractivity contribution in [3.63, 3.8) is 0 Å². The van der Waals surface area contributed by atoms with Gasteiger partial charge in [0.15, 0.2) is 0 Å². The van der Waals surface area contributed by atoms with Gasteiger partial charge in [-0.3, -0.25) is 4.79 Å². The van der Waals surface area contributed by atoms with Crippen LogP contribution in [-0.2, 0) is 4.79 Å². The minimum Gasteiger partial charge on any atom is -0.480 e. The Bertz CT molecular complexity index is 137. The van der Waals surface area contributed by atoms with Gasteiger partial charge in [0.25, 0.3) is 0 Å². The van der Waals surface area contributed by atoms with Gasteiger partial charge >= 0.3 is 5.97 Å². The second-order valence-corrected chi connectivity index (χ2v) is 4.47. The van der Waals surface area contributed by atoms with Gasteiger partial charge in [-0.05, 0) is 6.42 Å². The van der Waals surface area contributed by atoms with Crippen LogP contribution in [0.25, 0.3) is 0 Å². The lowest BCUT2D eigenvalue weighted by Crippen LogP contribution is -2.11. The maximum absolute atomic E-state index is 10.4. The van der Waals surface area contributed by atoms with Gasteiger partial charge in [0.1, 0.15) is 4.83 Å². The zero-order valence-electron chi connectivity index (χ0n) is 8.26. The Morgan fingerprint density at radius 1 is 1.23 bits per heavy atom. The fraction of sp³-hybridized carbons (Fsp3) is 0.900. The second kappa shape index (κ2) is 8.54. The molecule has 0 amide bonds. The molecule has 0 bridgehead atoms. The van der Waals surface area contributed by atoms with Crippen LogP contribution in [0.2, 0.25) is 0 Å². The highest BCUT2D eigenvalue weighted by Crippen LogP contribution is 2.13. The fourth-order valence-corrected chi connectivity index (χ4v) is 1.55. The SMILES string of the molecule is CCCCCCCC[C@@H](Br)C(=O)O. The number of unbranched alkanes of at least 4 members (excludes halogenated alkanes) is 5. The van der Waals surface area contributed by atoms with E-state index in [1.54, 1.807) is 0 Å². The molecule has 0 unspecified atom stereocenters. The normalized spacial score (nSPS) is 12.8. The largest absolute Gasteiger partial charge is 0.480 e. The lowest BCUT2D eigenvalue weighted by Gasteiger charge is -2.03. The Balaban J connectivity index is 3.11. The Labute approximate surface area is 88.8 Å². The maximum Gasteiger partial charge on any atom is 0.317 e. The Kier molecular flexibility index (Phi) is 8.51. The molecule has 0 spiro atoms. The molecule has 78 valence electrons. The van der Waals surface area contributed by atoms with E-state index < -0.39 is 5.97 Å². The van der Waals surface area contributed by atoms with Crippen LogP contribution in [0.5, 0.6) is 0 Å². The number of alkyl halides is 1. The predicted molar refractivity (Wildman–Crippen MR) is 58.3 cm³/mol. The smallest absolute Gasteiger partial charge is 0.317 e. The highest BCUT2D eigenvalue weighted by molar-refractivity contribution is 9.10. The molecule has 0 aromatic heterocycles.